The Kier molecular flexibility index (Phi) is 6.49. The van der Waals surface area contributed by atoms with Crippen molar-refractivity contribution in [2.75, 3.05) is 19.7 Å². The molecule has 0 bridgehead atoms. The fourth-order valence-electron chi connectivity index (χ4n) is 1.95. The Bertz CT molecular complexity index is 279. The van der Waals surface area contributed by atoms with E-state index in [-0.39, 0.29) is 25.1 Å². The molecular formula is C12H22N2O4. The van der Waals surface area contributed by atoms with E-state index in [1.807, 2.05) is 0 Å². The summed E-state index contributed by atoms with van der Waals surface area (Å²) >= 11 is 0. The van der Waals surface area contributed by atoms with E-state index in [2.05, 4.69) is 5.32 Å². The van der Waals surface area contributed by atoms with Crippen molar-refractivity contribution in [3.8, 4) is 0 Å². The Morgan fingerprint density at radius 3 is 2.50 bits per heavy atom. The van der Waals surface area contributed by atoms with Crippen molar-refractivity contribution in [2.45, 2.75) is 44.6 Å². The van der Waals surface area contributed by atoms with Gasteiger partial charge in [0.25, 0.3) is 0 Å². The van der Waals surface area contributed by atoms with E-state index in [1.165, 1.54) is 0 Å². The van der Waals surface area contributed by atoms with Gasteiger partial charge in [0.05, 0.1) is 6.61 Å². The van der Waals surface area contributed by atoms with Crippen LogP contribution in [0.15, 0.2) is 0 Å². The summed E-state index contributed by atoms with van der Waals surface area (Å²) < 4.78 is 0. The van der Waals surface area contributed by atoms with Gasteiger partial charge in [0.15, 0.2) is 0 Å². The number of nitrogens with zero attached hydrogens (tertiary/aromatic N) is 1. The lowest BCUT2D eigenvalue weighted by molar-refractivity contribution is -0.137. The Morgan fingerprint density at radius 1 is 1.28 bits per heavy atom. The summed E-state index contributed by atoms with van der Waals surface area (Å²) in [5.41, 5.74) is 0. The second kappa shape index (κ2) is 7.92. The maximum Gasteiger partial charge on any atom is 0.317 e. The Morgan fingerprint density at radius 2 is 2.00 bits per heavy atom. The van der Waals surface area contributed by atoms with E-state index in [0.29, 0.717) is 25.9 Å². The van der Waals surface area contributed by atoms with Crippen LogP contribution in [-0.4, -0.2) is 52.9 Å². The average Bonchev–Trinajstić information content (AvgIpc) is 2.25. The van der Waals surface area contributed by atoms with E-state index >= 15 is 0 Å². The van der Waals surface area contributed by atoms with Crippen LogP contribution in [0.3, 0.4) is 0 Å². The monoisotopic (exact) mass is 258 g/mol. The van der Waals surface area contributed by atoms with Gasteiger partial charge in [-0.25, -0.2) is 4.79 Å². The molecule has 6 heteroatoms. The molecule has 0 radical (unpaired) electrons. The van der Waals surface area contributed by atoms with E-state index < -0.39 is 5.97 Å². The van der Waals surface area contributed by atoms with Crippen LogP contribution in [0.2, 0.25) is 0 Å². The number of carboxylic acid groups (broad SMARTS) is 1. The van der Waals surface area contributed by atoms with Crippen LogP contribution in [0.4, 0.5) is 4.79 Å². The molecule has 1 saturated carbocycles. The van der Waals surface area contributed by atoms with Crippen LogP contribution < -0.4 is 5.32 Å². The predicted molar refractivity (Wildman–Crippen MR) is 66.3 cm³/mol. The third-order valence-corrected chi connectivity index (χ3v) is 3.21. The number of rotatable bonds is 8. The number of aliphatic hydroxyl groups excluding tert-OH is 1. The summed E-state index contributed by atoms with van der Waals surface area (Å²) in [6, 6.07) is 0.111. The molecule has 6 nitrogen and oxygen atoms in total. The molecular weight excluding hydrogens is 236 g/mol. The highest BCUT2D eigenvalue weighted by Crippen LogP contribution is 2.24. The third kappa shape index (κ3) is 4.91. The van der Waals surface area contributed by atoms with Gasteiger partial charge >= 0.3 is 12.0 Å². The normalized spacial score (nSPS) is 14.9. The van der Waals surface area contributed by atoms with Crippen LogP contribution in [0, 0.1) is 0 Å². The van der Waals surface area contributed by atoms with Crippen molar-refractivity contribution < 1.29 is 19.8 Å². The minimum atomic E-state index is -0.808. The van der Waals surface area contributed by atoms with Gasteiger partial charge in [-0.05, 0) is 32.1 Å². The molecule has 1 aliphatic rings. The lowest BCUT2D eigenvalue weighted by atomic mass is 9.92. The number of unbranched alkanes of at least 4 members (excludes halogenated alkanes) is 1. The van der Waals surface area contributed by atoms with Crippen LogP contribution in [-0.2, 0) is 4.79 Å². The maximum absolute atomic E-state index is 11.9. The molecule has 3 N–H and O–H groups in total. The van der Waals surface area contributed by atoms with Crippen molar-refractivity contribution >= 4 is 12.0 Å². The number of aliphatic hydroxyl groups is 1. The molecule has 0 atom stereocenters. The zero-order valence-electron chi connectivity index (χ0n) is 10.6. The minimum absolute atomic E-state index is 0.0249. The molecule has 0 heterocycles. The molecule has 0 unspecified atom stereocenters. The molecule has 0 aromatic carbocycles. The van der Waals surface area contributed by atoms with Gasteiger partial charge in [0.2, 0.25) is 0 Å². The molecule has 18 heavy (non-hydrogen) atoms. The average molecular weight is 258 g/mol. The lowest BCUT2D eigenvalue weighted by Crippen LogP contribution is -2.50. The van der Waals surface area contributed by atoms with Gasteiger partial charge in [-0.1, -0.05) is 0 Å². The molecule has 1 rings (SSSR count). The summed E-state index contributed by atoms with van der Waals surface area (Å²) in [6.07, 6.45) is 4.52. The zero-order valence-corrected chi connectivity index (χ0v) is 10.6. The summed E-state index contributed by atoms with van der Waals surface area (Å²) in [5.74, 6) is -0.808. The molecule has 0 saturated heterocycles. The van der Waals surface area contributed by atoms with Crippen molar-refractivity contribution in [3.63, 3.8) is 0 Å². The van der Waals surface area contributed by atoms with Gasteiger partial charge in [-0.3, -0.25) is 4.79 Å². The molecule has 2 amide bonds. The number of hydrogen-bond donors (Lipinski definition) is 3. The van der Waals surface area contributed by atoms with Crippen molar-refractivity contribution in [1.82, 2.24) is 10.2 Å². The topological polar surface area (TPSA) is 89.9 Å². The number of carboxylic acids is 1. The van der Waals surface area contributed by atoms with Crippen LogP contribution in [0.5, 0.6) is 0 Å². The first kappa shape index (κ1) is 14.8. The van der Waals surface area contributed by atoms with Crippen molar-refractivity contribution in [2.24, 2.45) is 0 Å². The van der Waals surface area contributed by atoms with Gasteiger partial charge in [-0.2, -0.15) is 0 Å². The highest BCUT2D eigenvalue weighted by atomic mass is 16.4. The van der Waals surface area contributed by atoms with Gasteiger partial charge < -0.3 is 20.4 Å². The third-order valence-electron chi connectivity index (χ3n) is 3.21. The first-order valence-electron chi connectivity index (χ1n) is 6.52. The number of carbonyl (C=O) groups excluding carboxylic acids is 1. The molecule has 0 spiro atoms. The Labute approximate surface area is 107 Å². The largest absolute Gasteiger partial charge is 0.481 e. The number of nitrogens with one attached hydrogen (secondary N) is 1. The SMILES string of the molecule is O=C(O)CCCCNC(=O)N(CCO)C1CCC1. The second-order valence-electron chi connectivity index (χ2n) is 4.58. The number of amides is 2. The molecule has 0 aromatic heterocycles. The number of aliphatic carboxylic acids is 1. The fourth-order valence-corrected chi connectivity index (χ4v) is 1.95. The van der Waals surface area contributed by atoms with Crippen molar-refractivity contribution in [3.05, 3.63) is 0 Å². The number of hydrogen-bond acceptors (Lipinski definition) is 3. The van der Waals surface area contributed by atoms with Crippen LogP contribution >= 0.6 is 0 Å². The van der Waals surface area contributed by atoms with E-state index in [0.717, 1.165) is 19.3 Å². The van der Waals surface area contributed by atoms with Crippen LogP contribution in [0.25, 0.3) is 0 Å². The second-order valence-corrected chi connectivity index (χ2v) is 4.58. The van der Waals surface area contributed by atoms with Gasteiger partial charge in [0, 0.05) is 25.6 Å². The van der Waals surface area contributed by atoms with Gasteiger partial charge in [-0.15, -0.1) is 0 Å². The minimum Gasteiger partial charge on any atom is -0.481 e. The molecule has 1 fully saturated rings. The smallest absolute Gasteiger partial charge is 0.317 e. The Balaban J connectivity index is 2.18. The Hall–Kier alpha value is -1.30. The number of urea groups is 1. The predicted octanol–water partition coefficient (Wildman–Crippen LogP) is 0.798. The summed E-state index contributed by atoms with van der Waals surface area (Å²) in [5, 5.41) is 20.2. The van der Waals surface area contributed by atoms with E-state index in [1.54, 1.807) is 4.90 Å². The highest BCUT2D eigenvalue weighted by Gasteiger charge is 2.27. The maximum atomic E-state index is 11.9. The molecule has 0 aliphatic heterocycles. The molecule has 0 aromatic rings. The summed E-state index contributed by atoms with van der Waals surface area (Å²) in [6.45, 7) is 0.829. The fraction of sp³-hybridized carbons (Fsp3) is 0.833. The van der Waals surface area contributed by atoms with Crippen molar-refractivity contribution in [1.29, 1.82) is 0 Å². The first-order chi connectivity index (χ1) is 8.65. The summed E-state index contributed by atoms with van der Waals surface area (Å²) in [4.78, 5) is 23.8. The highest BCUT2D eigenvalue weighted by molar-refractivity contribution is 5.74. The first-order valence-corrected chi connectivity index (χ1v) is 6.52. The van der Waals surface area contributed by atoms with Crippen LogP contribution in [0.1, 0.15) is 38.5 Å². The summed E-state index contributed by atoms with van der Waals surface area (Å²) in [7, 11) is 0. The van der Waals surface area contributed by atoms with E-state index in [9.17, 15) is 9.59 Å². The zero-order chi connectivity index (χ0) is 13.4. The standard InChI is InChI=1S/C12H22N2O4/c15-9-8-14(10-4-3-5-10)12(18)13-7-2-1-6-11(16)17/h10,15H,1-9H2,(H,13,18)(H,16,17). The van der Waals surface area contributed by atoms with Gasteiger partial charge in [0.1, 0.15) is 0 Å². The lowest BCUT2D eigenvalue weighted by Gasteiger charge is -2.37. The quantitative estimate of drug-likeness (QED) is 0.562. The number of carbonyl (C=O) groups is 2. The molecule has 1 aliphatic carbocycles. The molecule has 104 valence electrons. The van der Waals surface area contributed by atoms with E-state index in [4.69, 9.17) is 10.2 Å².